The van der Waals surface area contributed by atoms with Gasteiger partial charge >= 0.3 is 0 Å². The summed E-state index contributed by atoms with van der Waals surface area (Å²) in [7, 11) is 0. The van der Waals surface area contributed by atoms with Crippen LogP contribution < -0.4 is 11.1 Å². The van der Waals surface area contributed by atoms with Gasteiger partial charge < -0.3 is 11.1 Å². The van der Waals surface area contributed by atoms with Gasteiger partial charge in [0.2, 0.25) is 5.91 Å². The van der Waals surface area contributed by atoms with Crippen LogP contribution in [0.4, 0.5) is 0 Å². The third-order valence-electron chi connectivity index (χ3n) is 2.09. The van der Waals surface area contributed by atoms with Crippen LogP contribution in [0.5, 0.6) is 0 Å². The first-order chi connectivity index (χ1) is 5.33. The standard InChI is InChI=1S/C8H16N2O/c9-6-5-7-3-1-2-4-8(11)10-7/h7H,1-6,9H2,(H,10,11). The van der Waals surface area contributed by atoms with Gasteiger partial charge in [-0.25, -0.2) is 0 Å². The van der Waals surface area contributed by atoms with Crippen molar-refractivity contribution in [1.82, 2.24) is 5.32 Å². The van der Waals surface area contributed by atoms with Crippen LogP contribution in [-0.4, -0.2) is 18.5 Å². The molecule has 0 aliphatic carbocycles. The molecular weight excluding hydrogens is 140 g/mol. The van der Waals surface area contributed by atoms with Gasteiger partial charge in [-0.2, -0.15) is 0 Å². The van der Waals surface area contributed by atoms with E-state index in [1.54, 1.807) is 0 Å². The van der Waals surface area contributed by atoms with Crippen LogP contribution in [0.2, 0.25) is 0 Å². The summed E-state index contributed by atoms with van der Waals surface area (Å²) in [6, 6.07) is 0.343. The molecule has 1 aliphatic heterocycles. The number of nitrogens with two attached hydrogens (primary N) is 1. The monoisotopic (exact) mass is 156 g/mol. The predicted molar refractivity (Wildman–Crippen MR) is 44.1 cm³/mol. The second kappa shape index (κ2) is 4.34. The van der Waals surface area contributed by atoms with Crippen LogP contribution in [-0.2, 0) is 4.79 Å². The molecule has 1 fully saturated rings. The molecule has 0 bridgehead atoms. The summed E-state index contributed by atoms with van der Waals surface area (Å²) in [4.78, 5) is 11.0. The second-order valence-corrected chi connectivity index (χ2v) is 3.09. The fourth-order valence-corrected chi connectivity index (χ4v) is 1.47. The molecular formula is C8H16N2O. The maximum Gasteiger partial charge on any atom is 0.220 e. The Morgan fingerprint density at radius 3 is 3.09 bits per heavy atom. The van der Waals surface area contributed by atoms with Crippen LogP contribution in [0, 0.1) is 0 Å². The molecule has 11 heavy (non-hydrogen) atoms. The Morgan fingerprint density at radius 1 is 1.55 bits per heavy atom. The Morgan fingerprint density at radius 2 is 2.36 bits per heavy atom. The smallest absolute Gasteiger partial charge is 0.220 e. The maximum absolute atomic E-state index is 11.0. The van der Waals surface area contributed by atoms with Crippen LogP contribution in [0.15, 0.2) is 0 Å². The zero-order chi connectivity index (χ0) is 8.10. The molecule has 1 rings (SSSR count). The number of rotatable bonds is 2. The van der Waals surface area contributed by atoms with Crippen LogP contribution in [0.3, 0.4) is 0 Å². The minimum absolute atomic E-state index is 0.195. The number of amides is 1. The molecule has 0 aromatic heterocycles. The molecule has 1 saturated heterocycles. The molecule has 0 aromatic carbocycles. The van der Waals surface area contributed by atoms with Gasteiger partial charge in [-0.1, -0.05) is 6.42 Å². The zero-order valence-corrected chi connectivity index (χ0v) is 6.81. The van der Waals surface area contributed by atoms with Crippen LogP contribution >= 0.6 is 0 Å². The molecule has 3 nitrogen and oxygen atoms in total. The van der Waals surface area contributed by atoms with Crippen molar-refractivity contribution in [2.75, 3.05) is 6.54 Å². The van der Waals surface area contributed by atoms with E-state index in [1.165, 1.54) is 0 Å². The first-order valence-electron chi connectivity index (χ1n) is 4.32. The predicted octanol–water partition coefficient (Wildman–Crippen LogP) is 0.394. The summed E-state index contributed by atoms with van der Waals surface area (Å²) < 4.78 is 0. The fourth-order valence-electron chi connectivity index (χ4n) is 1.47. The molecule has 3 N–H and O–H groups in total. The quantitative estimate of drug-likeness (QED) is 0.608. The van der Waals surface area contributed by atoms with Gasteiger partial charge in [-0.3, -0.25) is 4.79 Å². The Balaban J connectivity index is 2.33. The summed E-state index contributed by atoms with van der Waals surface area (Å²) in [5, 5.41) is 2.96. The molecule has 1 unspecified atom stereocenters. The van der Waals surface area contributed by atoms with E-state index in [9.17, 15) is 4.79 Å². The molecule has 64 valence electrons. The van der Waals surface area contributed by atoms with Crippen molar-refractivity contribution in [2.45, 2.75) is 38.1 Å². The van der Waals surface area contributed by atoms with E-state index in [1.807, 2.05) is 0 Å². The largest absolute Gasteiger partial charge is 0.353 e. The van der Waals surface area contributed by atoms with Crippen molar-refractivity contribution in [3.05, 3.63) is 0 Å². The lowest BCUT2D eigenvalue weighted by atomic mass is 10.1. The van der Waals surface area contributed by atoms with Crippen LogP contribution in [0.25, 0.3) is 0 Å². The lowest BCUT2D eigenvalue weighted by molar-refractivity contribution is -0.121. The maximum atomic E-state index is 11.0. The fraction of sp³-hybridized carbons (Fsp3) is 0.875. The minimum atomic E-state index is 0.195. The number of carbonyl (C=O) groups is 1. The normalized spacial score (nSPS) is 25.9. The van der Waals surface area contributed by atoms with Crippen molar-refractivity contribution >= 4 is 5.91 Å². The van der Waals surface area contributed by atoms with E-state index < -0.39 is 0 Å². The van der Waals surface area contributed by atoms with Crippen molar-refractivity contribution in [2.24, 2.45) is 5.73 Å². The molecule has 0 saturated carbocycles. The highest BCUT2D eigenvalue weighted by atomic mass is 16.1. The van der Waals surface area contributed by atoms with Crippen molar-refractivity contribution in [3.8, 4) is 0 Å². The van der Waals surface area contributed by atoms with Gasteiger partial charge in [0, 0.05) is 12.5 Å². The Bertz CT molecular complexity index is 136. The van der Waals surface area contributed by atoms with Gasteiger partial charge in [0.25, 0.3) is 0 Å². The molecule has 3 heteroatoms. The van der Waals surface area contributed by atoms with Gasteiger partial charge in [0.05, 0.1) is 0 Å². The first-order valence-corrected chi connectivity index (χ1v) is 4.32. The third-order valence-corrected chi connectivity index (χ3v) is 2.09. The lowest BCUT2D eigenvalue weighted by Crippen LogP contribution is -2.34. The summed E-state index contributed by atoms with van der Waals surface area (Å²) >= 11 is 0. The summed E-state index contributed by atoms with van der Waals surface area (Å²) in [5.74, 6) is 0.195. The number of hydrogen-bond donors (Lipinski definition) is 2. The van der Waals surface area contributed by atoms with E-state index in [0.717, 1.165) is 25.7 Å². The molecule has 0 radical (unpaired) electrons. The summed E-state index contributed by atoms with van der Waals surface area (Å²) in [6.07, 6.45) is 4.91. The highest BCUT2D eigenvalue weighted by molar-refractivity contribution is 5.76. The topological polar surface area (TPSA) is 55.1 Å². The van der Waals surface area contributed by atoms with Crippen LogP contribution in [0.1, 0.15) is 32.1 Å². The van der Waals surface area contributed by atoms with Crippen molar-refractivity contribution in [1.29, 1.82) is 0 Å². The Labute approximate surface area is 67.3 Å². The van der Waals surface area contributed by atoms with Gasteiger partial charge in [-0.05, 0) is 25.8 Å². The van der Waals surface area contributed by atoms with Crippen molar-refractivity contribution in [3.63, 3.8) is 0 Å². The van der Waals surface area contributed by atoms with E-state index in [4.69, 9.17) is 5.73 Å². The van der Waals surface area contributed by atoms with E-state index >= 15 is 0 Å². The van der Waals surface area contributed by atoms with Gasteiger partial charge in [-0.15, -0.1) is 0 Å². The Kier molecular flexibility index (Phi) is 3.36. The zero-order valence-electron chi connectivity index (χ0n) is 6.81. The minimum Gasteiger partial charge on any atom is -0.353 e. The second-order valence-electron chi connectivity index (χ2n) is 3.09. The Hall–Kier alpha value is -0.570. The summed E-state index contributed by atoms with van der Waals surface area (Å²) in [5.41, 5.74) is 5.40. The summed E-state index contributed by atoms with van der Waals surface area (Å²) in [6.45, 7) is 0.672. The average Bonchev–Trinajstić information content (AvgIpc) is 2.15. The number of hydrogen-bond acceptors (Lipinski definition) is 2. The SMILES string of the molecule is NCCC1CCCCC(=O)N1. The van der Waals surface area contributed by atoms with Crippen molar-refractivity contribution < 1.29 is 4.79 Å². The number of carbonyl (C=O) groups excluding carboxylic acids is 1. The van der Waals surface area contributed by atoms with Gasteiger partial charge in [0.1, 0.15) is 0 Å². The third kappa shape index (κ3) is 2.89. The molecule has 0 spiro atoms. The van der Waals surface area contributed by atoms with E-state index in [2.05, 4.69) is 5.32 Å². The van der Waals surface area contributed by atoms with Gasteiger partial charge in [0.15, 0.2) is 0 Å². The number of nitrogens with one attached hydrogen (secondary N) is 1. The molecule has 1 aliphatic rings. The molecule has 1 amide bonds. The first kappa shape index (κ1) is 8.53. The molecule has 0 aromatic rings. The highest BCUT2D eigenvalue weighted by Crippen LogP contribution is 2.10. The average molecular weight is 156 g/mol. The lowest BCUT2D eigenvalue weighted by Gasteiger charge is -2.13. The molecule has 1 heterocycles. The van der Waals surface area contributed by atoms with E-state index in [0.29, 0.717) is 19.0 Å². The van der Waals surface area contributed by atoms with E-state index in [-0.39, 0.29) is 5.91 Å². The highest BCUT2D eigenvalue weighted by Gasteiger charge is 2.14. The molecule has 1 atom stereocenters.